The maximum Gasteiger partial charge on any atom is 0.154 e. The highest BCUT2D eigenvalue weighted by Crippen LogP contribution is 2.38. The lowest BCUT2D eigenvalue weighted by Crippen LogP contribution is -2.28. The summed E-state index contributed by atoms with van der Waals surface area (Å²) in [6.07, 6.45) is 4.72. The molecule has 1 atom stereocenters. The monoisotopic (exact) mass is 351 g/mol. The Labute approximate surface area is 153 Å². The Balaban J connectivity index is 1.69. The van der Waals surface area contributed by atoms with Crippen molar-refractivity contribution in [1.82, 2.24) is 14.8 Å². The molecule has 1 N–H and O–H groups in total. The summed E-state index contributed by atoms with van der Waals surface area (Å²) in [5.41, 5.74) is 0.351. The average Bonchev–Trinajstić information content (AvgIpc) is 3.17. The van der Waals surface area contributed by atoms with Crippen molar-refractivity contribution in [2.24, 2.45) is 0 Å². The highest BCUT2D eigenvalue weighted by Gasteiger charge is 2.31. The van der Waals surface area contributed by atoms with E-state index in [1.165, 1.54) is 5.56 Å². The molecule has 2 aromatic heterocycles. The first kappa shape index (κ1) is 17.0. The van der Waals surface area contributed by atoms with E-state index < -0.39 is 5.60 Å². The number of rotatable bonds is 7. The van der Waals surface area contributed by atoms with Crippen molar-refractivity contribution in [2.45, 2.75) is 57.1 Å². The van der Waals surface area contributed by atoms with E-state index in [2.05, 4.69) is 12.1 Å². The summed E-state index contributed by atoms with van der Waals surface area (Å²) < 4.78 is 7.60. The Morgan fingerprint density at radius 2 is 1.96 bits per heavy atom. The van der Waals surface area contributed by atoms with Crippen LogP contribution in [0.2, 0.25) is 0 Å². The summed E-state index contributed by atoms with van der Waals surface area (Å²) in [5, 5.41) is 15.0. The van der Waals surface area contributed by atoms with E-state index in [9.17, 15) is 5.11 Å². The SMILES string of the molecule is CC(C)(O)Cn1nc(C2CC2)nc1C[C@H](c1ccccc1)c1ccco1. The van der Waals surface area contributed by atoms with Gasteiger partial charge in [-0.2, -0.15) is 5.10 Å². The van der Waals surface area contributed by atoms with E-state index in [0.29, 0.717) is 18.9 Å². The number of hydrogen-bond donors (Lipinski definition) is 1. The predicted molar refractivity (Wildman–Crippen MR) is 99.0 cm³/mol. The van der Waals surface area contributed by atoms with Gasteiger partial charge in [0.25, 0.3) is 0 Å². The van der Waals surface area contributed by atoms with Crippen molar-refractivity contribution in [2.75, 3.05) is 0 Å². The van der Waals surface area contributed by atoms with E-state index in [0.717, 1.165) is 30.3 Å². The van der Waals surface area contributed by atoms with E-state index >= 15 is 0 Å². The minimum atomic E-state index is -0.837. The Morgan fingerprint density at radius 1 is 1.19 bits per heavy atom. The summed E-state index contributed by atoms with van der Waals surface area (Å²) in [6.45, 7) is 4.04. The first-order valence-electron chi connectivity index (χ1n) is 9.24. The van der Waals surface area contributed by atoms with Gasteiger partial charge >= 0.3 is 0 Å². The molecule has 0 saturated heterocycles. The molecule has 1 saturated carbocycles. The molecule has 0 aliphatic heterocycles. The van der Waals surface area contributed by atoms with Crippen LogP contribution in [0.1, 0.15) is 61.5 Å². The molecule has 1 fully saturated rings. The Kier molecular flexibility index (Phi) is 4.41. The second-order valence-electron chi connectivity index (χ2n) is 7.81. The fourth-order valence-electron chi connectivity index (χ4n) is 3.29. The number of aliphatic hydroxyl groups is 1. The summed E-state index contributed by atoms with van der Waals surface area (Å²) in [6, 6.07) is 14.3. The quantitative estimate of drug-likeness (QED) is 0.701. The third kappa shape index (κ3) is 3.88. The van der Waals surface area contributed by atoms with Crippen molar-refractivity contribution < 1.29 is 9.52 Å². The van der Waals surface area contributed by atoms with Gasteiger partial charge in [0, 0.05) is 18.3 Å². The standard InChI is InChI=1S/C21H25N3O2/c1-21(2,25)14-24-19(22-20(23-24)16-10-11-16)13-17(18-9-6-12-26-18)15-7-4-3-5-8-15/h3-9,12,16-17,25H,10-11,13-14H2,1-2H3/t17-/m1/s1. The van der Waals surface area contributed by atoms with Gasteiger partial charge in [0.05, 0.1) is 18.4 Å². The van der Waals surface area contributed by atoms with E-state index in [4.69, 9.17) is 14.5 Å². The third-order valence-electron chi connectivity index (χ3n) is 4.72. The molecular weight excluding hydrogens is 326 g/mol. The second-order valence-corrected chi connectivity index (χ2v) is 7.81. The van der Waals surface area contributed by atoms with E-state index in [1.807, 2.05) is 35.0 Å². The summed E-state index contributed by atoms with van der Waals surface area (Å²) in [7, 11) is 0. The summed E-state index contributed by atoms with van der Waals surface area (Å²) >= 11 is 0. The van der Waals surface area contributed by atoms with Gasteiger partial charge in [-0.15, -0.1) is 0 Å². The van der Waals surface area contributed by atoms with Gasteiger partial charge in [0.2, 0.25) is 0 Å². The van der Waals surface area contributed by atoms with Crippen LogP contribution in [0.3, 0.4) is 0 Å². The molecule has 0 radical (unpaired) electrons. The lowest BCUT2D eigenvalue weighted by Gasteiger charge is -2.20. The highest BCUT2D eigenvalue weighted by molar-refractivity contribution is 5.28. The Bertz CT molecular complexity index is 843. The van der Waals surface area contributed by atoms with Gasteiger partial charge < -0.3 is 9.52 Å². The number of nitrogens with zero attached hydrogens (tertiary/aromatic N) is 3. The van der Waals surface area contributed by atoms with Crippen LogP contribution in [-0.4, -0.2) is 25.5 Å². The largest absolute Gasteiger partial charge is 0.469 e. The number of aromatic nitrogens is 3. The topological polar surface area (TPSA) is 64.1 Å². The zero-order chi connectivity index (χ0) is 18.1. The molecule has 26 heavy (non-hydrogen) atoms. The highest BCUT2D eigenvalue weighted by atomic mass is 16.3. The smallest absolute Gasteiger partial charge is 0.154 e. The molecule has 1 aromatic carbocycles. The molecule has 5 nitrogen and oxygen atoms in total. The average molecular weight is 351 g/mol. The van der Waals surface area contributed by atoms with Crippen LogP contribution >= 0.6 is 0 Å². The van der Waals surface area contributed by atoms with Crippen LogP contribution in [0.15, 0.2) is 53.1 Å². The van der Waals surface area contributed by atoms with Crippen molar-refractivity contribution in [3.05, 3.63) is 71.7 Å². The fourth-order valence-corrected chi connectivity index (χ4v) is 3.29. The van der Waals surface area contributed by atoms with Crippen molar-refractivity contribution in [3.63, 3.8) is 0 Å². The first-order valence-corrected chi connectivity index (χ1v) is 9.24. The molecule has 0 bridgehead atoms. The van der Waals surface area contributed by atoms with Crippen LogP contribution in [0.5, 0.6) is 0 Å². The Morgan fingerprint density at radius 3 is 2.58 bits per heavy atom. The summed E-state index contributed by atoms with van der Waals surface area (Å²) in [5.74, 6) is 3.29. The fraction of sp³-hybridized carbons (Fsp3) is 0.429. The minimum Gasteiger partial charge on any atom is -0.469 e. The van der Waals surface area contributed by atoms with Crippen LogP contribution in [0, 0.1) is 0 Å². The predicted octanol–water partition coefficient (Wildman–Crippen LogP) is 3.89. The van der Waals surface area contributed by atoms with Crippen LogP contribution in [0.4, 0.5) is 0 Å². The molecule has 4 rings (SSSR count). The summed E-state index contributed by atoms with van der Waals surface area (Å²) in [4.78, 5) is 4.83. The van der Waals surface area contributed by atoms with E-state index in [1.54, 1.807) is 20.1 Å². The molecule has 0 spiro atoms. The normalized spacial score (nSPS) is 16.0. The van der Waals surface area contributed by atoms with Crippen molar-refractivity contribution in [3.8, 4) is 0 Å². The van der Waals surface area contributed by atoms with Gasteiger partial charge in [0.1, 0.15) is 11.6 Å². The van der Waals surface area contributed by atoms with Crippen LogP contribution < -0.4 is 0 Å². The molecule has 1 aliphatic carbocycles. The molecule has 1 aliphatic rings. The van der Waals surface area contributed by atoms with Gasteiger partial charge in [-0.1, -0.05) is 30.3 Å². The van der Waals surface area contributed by atoms with Gasteiger partial charge in [-0.3, -0.25) is 0 Å². The number of benzene rings is 1. The molecule has 0 amide bonds. The lowest BCUT2D eigenvalue weighted by atomic mass is 9.93. The maximum atomic E-state index is 10.3. The third-order valence-corrected chi connectivity index (χ3v) is 4.72. The van der Waals surface area contributed by atoms with Crippen molar-refractivity contribution >= 4 is 0 Å². The number of furan rings is 1. The zero-order valence-corrected chi connectivity index (χ0v) is 15.3. The molecular formula is C21H25N3O2. The van der Waals surface area contributed by atoms with Gasteiger partial charge in [-0.05, 0) is 44.4 Å². The second kappa shape index (κ2) is 6.72. The van der Waals surface area contributed by atoms with Crippen LogP contribution in [-0.2, 0) is 13.0 Å². The van der Waals surface area contributed by atoms with Crippen molar-refractivity contribution in [1.29, 1.82) is 0 Å². The minimum absolute atomic E-state index is 0.0722. The Hall–Kier alpha value is -2.40. The van der Waals surface area contributed by atoms with E-state index in [-0.39, 0.29) is 5.92 Å². The molecule has 2 heterocycles. The first-order chi connectivity index (χ1) is 12.5. The van der Waals surface area contributed by atoms with Crippen LogP contribution in [0.25, 0.3) is 0 Å². The molecule has 136 valence electrons. The van der Waals surface area contributed by atoms with Gasteiger partial charge in [0.15, 0.2) is 5.82 Å². The molecule has 5 heteroatoms. The zero-order valence-electron chi connectivity index (χ0n) is 15.3. The van der Waals surface area contributed by atoms with Gasteiger partial charge in [-0.25, -0.2) is 9.67 Å². The lowest BCUT2D eigenvalue weighted by molar-refractivity contribution is 0.0564. The maximum absolute atomic E-state index is 10.3. The number of hydrogen-bond acceptors (Lipinski definition) is 4. The molecule has 3 aromatic rings. The molecule has 0 unspecified atom stereocenters.